The number of nitrogens with zero attached hydrogens (tertiary/aromatic N) is 1. The molecular formula is C15H14N2O2. The first-order valence-corrected chi connectivity index (χ1v) is 5.83. The van der Waals surface area contributed by atoms with Crippen LogP contribution >= 0.6 is 0 Å². The van der Waals surface area contributed by atoms with Gasteiger partial charge in [-0.1, -0.05) is 42.5 Å². The van der Waals surface area contributed by atoms with Gasteiger partial charge in [0.15, 0.2) is 0 Å². The van der Waals surface area contributed by atoms with Crippen LogP contribution in [0.1, 0.15) is 11.3 Å². The molecule has 1 N–H and O–H groups in total. The Morgan fingerprint density at radius 3 is 2.63 bits per heavy atom. The van der Waals surface area contributed by atoms with Gasteiger partial charge < -0.3 is 4.74 Å². The maximum atomic E-state index is 11.1. The minimum Gasteiger partial charge on any atom is -0.453 e. The van der Waals surface area contributed by atoms with Crippen molar-refractivity contribution in [2.45, 2.75) is 0 Å². The van der Waals surface area contributed by atoms with E-state index in [9.17, 15) is 4.79 Å². The maximum absolute atomic E-state index is 11.1. The third-order valence-corrected chi connectivity index (χ3v) is 2.43. The van der Waals surface area contributed by atoms with E-state index >= 15 is 0 Å². The molecule has 0 bridgehead atoms. The lowest BCUT2D eigenvalue weighted by Gasteiger charge is -2.03. The standard InChI is InChI=1S/C15H14N2O2/c1-19-15(18)17-14-9-5-8-13(16-14)11-10-12-6-3-2-4-7-12/h2-11H,1H3,(H,16,17,18)/b11-10+. The summed E-state index contributed by atoms with van der Waals surface area (Å²) in [6.45, 7) is 0. The van der Waals surface area contributed by atoms with E-state index in [0.717, 1.165) is 11.3 Å². The number of amides is 1. The molecule has 0 aliphatic heterocycles. The quantitative estimate of drug-likeness (QED) is 0.912. The summed E-state index contributed by atoms with van der Waals surface area (Å²) in [5.41, 5.74) is 1.85. The number of nitrogens with one attached hydrogen (secondary N) is 1. The third-order valence-electron chi connectivity index (χ3n) is 2.43. The van der Waals surface area contributed by atoms with Gasteiger partial charge in [-0.15, -0.1) is 0 Å². The molecule has 0 radical (unpaired) electrons. The molecule has 1 aromatic carbocycles. The van der Waals surface area contributed by atoms with Gasteiger partial charge in [-0.3, -0.25) is 5.32 Å². The predicted octanol–water partition coefficient (Wildman–Crippen LogP) is 3.43. The summed E-state index contributed by atoms with van der Waals surface area (Å²) >= 11 is 0. The number of hydrogen-bond acceptors (Lipinski definition) is 3. The van der Waals surface area contributed by atoms with Gasteiger partial charge in [0.2, 0.25) is 0 Å². The zero-order valence-electron chi connectivity index (χ0n) is 10.5. The van der Waals surface area contributed by atoms with Crippen molar-refractivity contribution in [2.24, 2.45) is 0 Å². The number of carbonyl (C=O) groups excluding carboxylic acids is 1. The van der Waals surface area contributed by atoms with Crippen molar-refractivity contribution in [1.29, 1.82) is 0 Å². The molecular weight excluding hydrogens is 240 g/mol. The summed E-state index contributed by atoms with van der Waals surface area (Å²) < 4.78 is 4.52. The smallest absolute Gasteiger partial charge is 0.412 e. The molecule has 0 saturated carbocycles. The van der Waals surface area contributed by atoms with Crippen LogP contribution in [-0.4, -0.2) is 18.2 Å². The highest BCUT2D eigenvalue weighted by Gasteiger charge is 2.01. The highest BCUT2D eigenvalue weighted by Crippen LogP contribution is 2.09. The van der Waals surface area contributed by atoms with Crippen LogP contribution in [-0.2, 0) is 4.74 Å². The minimum atomic E-state index is -0.531. The molecule has 1 heterocycles. The molecule has 0 atom stereocenters. The van der Waals surface area contributed by atoms with Crippen molar-refractivity contribution in [2.75, 3.05) is 12.4 Å². The number of pyridine rings is 1. The van der Waals surface area contributed by atoms with Crippen molar-refractivity contribution in [3.05, 3.63) is 59.8 Å². The first kappa shape index (κ1) is 12.8. The molecule has 0 aliphatic carbocycles. The molecule has 0 unspecified atom stereocenters. The van der Waals surface area contributed by atoms with E-state index in [1.807, 2.05) is 54.6 Å². The Morgan fingerprint density at radius 1 is 1.11 bits per heavy atom. The molecule has 1 amide bonds. The fourth-order valence-corrected chi connectivity index (χ4v) is 1.52. The van der Waals surface area contributed by atoms with Crippen LogP contribution in [0.25, 0.3) is 12.2 Å². The molecule has 0 fully saturated rings. The van der Waals surface area contributed by atoms with E-state index in [0.29, 0.717) is 5.82 Å². The van der Waals surface area contributed by atoms with Gasteiger partial charge in [0, 0.05) is 0 Å². The number of aromatic nitrogens is 1. The normalized spacial score (nSPS) is 10.4. The Balaban J connectivity index is 2.11. The Bertz CT molecular complexity index is 580. The summed E-state index contributed by atoms with van der Waals surface area (Å²) in [6.07, 6.45) is 3.32. The van der Waals surface area contributed by atoms with Gasteiger partial charge in [0.1, 0.15) is 5.82 Å². The lowest BCUT2D eigenvalue weighted by molar-refractivity contribution is 0.187. The summed E-state index contributed by atoms with van der Waals surface area (Å²) in [6, 6.07) is 15.3. The molecule has 0 aliphatic rings. The second-order valence-electron chi connectivity index (χ2n) is 3.81. The van der Waals surface area contributed by atoms with Crippen LogP contribution < -0.4 is 5.32 Å². The molecule has 4 heteroatoms. The summed E-state index contributed by atoms with van der Waals surface area (Å²) in [5.74, 6) is 0.460. The zero-order chi connectivity index (χ0) is 13.5. The summed E-state index contributed by atoms with van der Waals surface area (Å²) in [4.78, 5) is 15.4. The molecule has 0 spiro atoms. The molecule has 1 aromatic heterocycles. The zero-order valence-corrected chi connectivity index (χ0v) is 10.5. The monoisotopic (exact) mass is 254 g/mol. The summed E-state index contributed by atoms with van der Waals surface area (Å²) in [5, 5.41) is 2.52. The first-order valence-electron chi connectivity index (χ1n) is 5.83. The molecule has 19 heavy (non-hydrogen) atoms. The van der Waals surface area contributed by atoms with Gasteiger partial charge in [0.05, 0.1) is 12.8 Å². The van der Waals surface area contributed by atoms with Crippen LogP contribution in [0, 0.1) is 0 Å². The average Bonchev–Trinajstić information content (AvgIpc) is 2.46. The maximum Gasteiger partial charge on any atom is 0.412 e. The number of carbonyl (C=O) groups is 1. The van der Waals surface area contributed by atoms with E-state index in [4.69, 9.17) is 0 Å². The fourth-order valence-electron chi connectivity index (χ4n) is 1.52. The number of hydrogen-bond donors (Lipinski definition) is 1. The Labute approximate surface area is 111 Å². The van der Waals surface area contributed by atoms with Crippen LogP contribution in [0.3, 0.4) is 0 Å². The van der Waals surface area contributed by atoms with Crippen molar-refractivity contribution in [3.8, 4) is 0 Å². The van der Waals surface area contributed by atoms with Crippen molar-refractivity contribution >= 4 is 24.1 Å². The van der Waals surface area contributed by atoms with Gasteiger partial charge in [-0.2, -0.15) is 0 Å². The lowest BCUT2D eigenvalue weighted by atomic mass is 10.2. The van der Waals surface area contributed by atoms with Gasteiger partial charge in [-0.25, -0.2) is 9.78 Å². The van der Waals surface area contributed by atoms with E-state index in [1.54, 1.807) is 6.07 Å². The van der Waals surface area contributed by atoms with Gasteiger partial charge >= 0.3 is 6.09 Å². The number of methoxy groups -OCH3 is 1. The minimum absolute atomic E-state index is 0.460. The highest BCUT2D eigenvalue weighted by atomic mass is 16.5. The van der Waals surface area contributed by atoms with Crippen LogP contribution in [0.2, 0.25) is 0 Å². The number of anilines is 1. The average molecular weight is 254 g/mol. The SMILES string of the molecule is COC(=O)Nc1cccc(/C=C/c2ccccc2)n1. The Hall–Kier alpha value is -2.62. The number of ether oxygens (including phenoxy) is 1. The van der Waals surface area contributed by atoms with E-state index in [-0.39, 0.29) is 0 Å². The van der Waals surface area contributed by atoms with E-state index < -0.39 is 6.09 Å². The second-order valence-corrected chi connectivity index (χ2v) is 3.81. The largest absolute Gasteiger partial charge is 0.453 e. The highest BCUT2D eigenvalue weighted by molar-refractivity contribution is 5.83. The van der Waals surface area contributed by atoms with Crippen molar-refractivity contribution < 1.29 is 9.53 Å². The molecule has 4 nitrogen and oxygen atoms in total. The fraction of sp³-hybridized carbons (Fsp3) is 0.0667. The first-order chi connectivity index (χ1) is 9.28. The number of benzene rings is 1. The predicted molar refractivity (Wildman–Crippen MR) is 75.6 cm³/mol. The van der Waals surface area contributed by atoms with Gasteiger partial charge in [-0.05, 0) is 23.8 Å². The van der Waals surface area contributed by atoms with E-state index in [1.165, 1.54) is 7.11 Å². The van der Waals surface area contributed by atoms with Gasteiger partial charge in [0.25, 0.3) is 0 Å². The van der Waals surface area contributed by atoms with Crippen molar-refractivity contribution in [1.82, 2.24) is 4.98 Å². The molecule has 2 rings (SSSR count). The third kappa shape index (κ3) is 3.96. The molecule has 0 saturated heterocycles. The number of rotatable bonds is 3. The van der Waals surface area contributed by atoms with Crippen molar-refractivity contribution in [3.63, 3.8) is 0 Å². The van der Waals surface area contributed by atoms with E-state index in [2.05, 4.69) is 15.0 Å². The summed E-state index contributed by atoms with van der Waals surface area (Å²) in [7, 11) is 1.31. The van der Waals surface area contributed by atoms with Crippen LogP contribution in [0.5, 0.6) is 0 Å². The lowest BCUT2D eigenvalue weighted by Crippen LogP contribution is -2.12. The second kappa shape index (κ2) is 6.35. The Kier molecular flexibility index (Phi) is 4.29. The Morgan fingerprint density at radius 2 is 1.89 bits per heavy atom. The van der Waals surface area contributed by atoms with Crippen LogP contribution in [0.15, 0.2) is 48.5 Å². The molecule has 2 aromatic rings. The topological polar surface area (TPSA) is 51.2 Å². The molecule has 96 valence electrons. The van der Waals surface area contributed by atoms with Crippen LogP contribution in [0.4, 0.5) is 10.6 Å².